The van der Waals surface area contributed by atoms with Crippen LogP contribution in [0.25, 0.3) is 11.3 Å². The highest BCUT2D eigenvalue weighted by molar-refractivity contribution is 6.03. The van der Waals surface area contributed by atoms with Gasteiger partial charge >= 0.3 is 5.97 Å². The second kappa shape index (κ2) is 10.6. The summed E-state index contributed by atoms with van der Waals surface area (Å²) in [5.74, 6) is 0.642. The number of esters is 1. The van der Waals surface area contributed by atoms with Gasteiger partial charge in [-0.1, -0.05) is 30.3 Å². The van der Waals surface area contributed by atoms with Gasteiger partial charge in [-0.15, -0.1) is 6.58 Å². The van der Waals surface area contributed by atoms with Crippen LogP contribution in [0.3, 0.4) is 0 Å². The van der Waals surface area contributed by atoms with Gasteiger partial charge in [0, 0.05) is 24.3 Å². The molecule has 0 spiro atoms. The Morgan fingerprint density at radius 2 is 1.87 bits per heavy atom. The van der Waals surface area contributed by atoms with Gasteiger partial charge in [0.15, 0.2) is 11.5 Å². The van der Waals surface area contributed by atoms with Crippen molar-refractivity contribution in [2.45, 2.75) is 44.8 Å². The summed E-state index contributed by atoms with van der Waals surface area (Å²) in [4.78, 5) is 29.1. The van der Waals surface area contributed by atoms with Crippen LogP contribution in [0.5, 0.6) is 11.5 Å². The van der Waals surface area contributed by atoms with Crippen LogP contribution in [0.2, 0.25) is 0 Å². The Morgan fingerprint density at radius 3 is 2.67 bits per heavy atom. The van der Waals surface area contributed by atoms with Crippen LogP contribution < -0.4 is 9.47 Å². The fourth-order valence-electron chi connectivity index (χ4n) is 5.93. The van der Waals surface area contributed by atoms with Crippen LogP contribution >= 0.6 is 0 Å². The van der Waals surface area contributed by atoms with Gasteiger partial charge in [-0.05, 0) is 55.0 Å². The number of carbonyl (C=O) groups excluding carboxylic acids is 2. The Morgan fingerprint density at radius 1 is 1.08 bits per heavy atom. The van der Waals surface area contributed by atoms with Crippen molar-refractivity contribution in [3.05, 3.63) is 83.1 Å². The van der Waals surface area contributed by atoms with Crippen LogP contribution in [0, 0.1) is 0 Å². The molecule has 3 aliphatic rings. The molecule has 1 amide bonds. The fraction of sp³-hybridized carbons (Fsp3) is 0.355. The third kappa shape index (κ3) is 4.59. The molecule has 0 unspecified atom stereocenters. The standard InChI is InChI=1S/C31H32N2O6/c1-3-12-37-18-22-13-20-8-4-5-9-21(20)17-33(22)30(34)24-16-29-28(38-19-39-29)15-23(24)27-14-25(31(35)36-2)26-10-6-7-11-32(26)27/h3-5,8-9,14-16,22H,1,6-7,10-13,17-19H2,2H3/t22-/m0/s1. The summed E-state index contributed by atoms with van der Waals surface area (Å²) in [5.41, 5.74) is 5.88. The summed E-state index contributed by atoms with van der Waals surface area (Å²) in [7, 11) is 1.40. The van der Waals surface area contributed by atoms with Crippen LogP contribution in [-0.2, 0) is 35.4 Å². The Kier molecular flexibility index (Phi) is 6.87. The maximum Gasteiger partial charge on any atom is 0.339 e. The first-order valence-corrected chi connectivity index (χ1v) is 13.4. The van der Waals surface area contributed by atoms with E-state index in [0.29, 0.717) is 54.4 Å². The van der Waals surface area contributed by atoms with Crippen molar-refractivity contribution < 1.29 is 28.5 Å². The molecule has 8 heteroatoms. The molecular weight excluding hydrogens is 496 g/mol. The lowest BCUT2D eigenvalue weighted by atomic mass is 9.92. The molecule has 6 rings (SSSR count). The number of fused-ring (bicyclic) bond motifs is 3. The smallest absolute Gasteiger partial charge is 0.339 e. The van der Waals surface area contributed by atoms with Crippen molar-refractivity contribution >= 4 is 11.9 Å². The van der Waals surface area contributed by atoms with E-state index in [1.165, 1.54) is 12.7 Å². The summed E-state index contributed by atoms with van der Waals surface area (Å²) < 4.78 is 24.5. The number of rotatable bonds is 7. The molecule has 0 aliphatic carbocycles. The summed E-state index contributed by atoms with van der Waals surface area (Å²) in [6, 6.07) is 13.6. The number of amides is 1. The SMILES string of the molecule is C=CCOC[C@@H]1Cc2ccccc2CN1C(=O)c1cc2c(cc1-c1cc(C(=O)OC)c3n1CCCC3)OCO2. The van der Waals surface area contributed by atoms with Crippen molar-refractivity contribution in [2.24, 2.45) is 0 Å². The number of methoxy groups -OCH3 is 1. The average molecular weight is 529 g/mol. The molecule has 1 aromatic heterocycles. The van der Waals surface area contributed by atoms with Gasteiger partial charge < -0.3 is 28.4 Å². The van der Waals surface area contributed by atoms with E-state index >= 15 is 0 Å². The third-order valence-corrected chi connectivity index (χ3v) is 7.84. The van der Waals surface area contributed by atoms with E-state index in [4.69, 9.17) is 18.9 Å². The van der Waals surface area contributed by atoms with Crippen molar-refractivity contribution in [1.29, 1.82) is 0 Å². The van der Waals surface area contributed by atoms with E-state index in [1.807, 2.05) is 29.2 Å². The van der Waals surface area contributed by atoms with Crippen LogP contribution in [-0.4, -0.2) is 54.5 Å². The predicted molar refractivity (Wildman–Crippen MR) is 145 cm³/mol. The Hall–Kier alpha value is -4.04. The summed E-state index contributed by atoms with van der Waals surface area (Å²) >= 11 is 0. The lowest BCUT2D eigenvalue weighted by Crippen LogP contribution is -2.47. The van der Waals surface area contributed by atoms with Gasteiger partial charge in [0.1, 0.15) is 0 Å². The second-order valence-electron chi connectivity index (χ2n) is 10.1. The largest absolute Gasteiger partial charge is 0.465 e. The third-order valence-electron chi connectivity index (χ3n) is 7.84. The first kappa shape index (κ1) is 25.2. The molecule has 2 aromatic carbocycles. The minimum absolute atomic E-state index is 0.0984. The number of benzene rings is 2. The number of ether oxygens (including phenoxy) is 4. The van der Waals surface area contributed by atoms with Crippen molar-refractivity contribution in [2.75, 3.05) is 27.1 Å². The number of hydrogen-bond acceptors (Lipinski definition) is 6. The fourth-order valence-corrected chi connectivity index (χ4v) is 5.93. The van der Waals surface area contributed by atoms with Gasteiger partial charge in [0.25, 0.3) is 5.91 Å². The first-order valence-electron chi connectivity index (χ1n) is 13.4. The first-order chi connectivity index (χ1) is 19.1. The molecular formula is C31H32N2O6. The number of aromatic nitrogens is 1. The summed E-state index contributed by atoms with van der Waals surface area (Å²) in [6.45, 7) is 5.91. The van der Waals surface area contributed by atoms with Gasteiger partial charge in [0.2, 0.25) is 6.79 Å². The Labute approximate surface area is 227 Å². The minimum Gasteiger partial charge on any atom is -0.465 e. The molecule has 0 radical (unpaired) electrons. The Bertz CT molecular complexity index is 1440. The summed E-state index contributed by atoms with van der Waals surface area (Å²) in [6.07, 6.45) is 5.19. The predicted octanol–water partition coefficient (Wildman–Crippen LogP) is 4.78. The van der Waals surface area contributed by atoms with Crippen molar-refractivity contribution in [1.82, 2.24) is 9.47 Å². The zero-order valence-electron chi connectivity index (χ0n) is 22.1. The topological polar surface area (TPSA) is 79.2 Å². The molecule has 39 heavy (non-hydrogen) atoms. The number of nitrogens with zero attached hydrogens (tertiary/aromatic N) is 2. The molecule has 0 bridgehead atoms. The minimum atomic E-state index is -0.368. The monoisotopic (exact) mass is 528 g/mol. The van der Waals surface area contributed by atoms with Gasteiger partial charge in [-0.25, -0.2) is 4.79 Å². The average Bonchev–Trinajstić information content (AvgIpc) is 3.60. The quantitative estimate of drug-likeness (QED) is 0.250. The van der Waals surface area contributed by atoms with E-state index in [2.05, 4.69) is 23.3 Å². The molecule has 3 aromatic rings. The maximum atomic E-state index is 14.5. The zero-order valence-corrected chi connectivity index (χ0v) is 22.1. The Balaban J connectivity index is 1.46. The molecule has 0 fully saturated rings. The van der Waals surface area contributed by atoms with Crippen LogP contribution in [0.1, 0.15) is 50.4 Å². The molecule has 0 saturated heterocycles. The molecule has 0 saturated carbocycles. The molecule has 1 atom stereocenters. The van der Waals surface area contributed by atoms with E-state index in [0.717, 1.165) is 42.8 Å². The van der Waals surface area contributed by atoms with E-state index in [9.17, 15) is 9.59 Å². The van der Waals surface area contributed by atoms with Crippen LogP contribution in [0.15, 0.2) is 55.1 Å². The molecule has 8 nitrogen and oxygen atoms in total. The van der Waals surface area contributed by atoms with Gasteiger partial charge in [-0.3, -0.25) is 4.79 Å². The lowest BCUT2D eigenvalue weighted by molar-refractivity contribution is 0.0425. The molecule has 4 heterocycles. The second-order valence-corrected chi connectivity index (χ2v) is 10.1. The van der Waals surface area contributed by atoms with Crippen molar-refractivity contribution in [3.8, 4) is 22.8 Å². The zero-order chi connectivity index (χ0) is 26.9. The highest BCUT2D eigenvalue weighted by Crippen LogP contribution is 2.42. The van der Waals surface area contributed by atoms with E-state index in [-0.39, 0.29) is 24.7 Å². The van der Waals surface area contributed by atoms with Gasteiger partial charge in [-0.2, -0.15) is 0 Å². The number of carbonyl (C=O) groups is 2. The van der Waals surface area contributed by atoms with Crippen LogP contribution in [0.4, 0.5) is 0 Å². The molecule has 3 aliphatic heterocycles. The van der Waals surface area contributed by atoms with Gasteiger partial charge in [0.05, 0.1) is 43.2 Å². The molecule has 0 N–H and O–H groups in total. The lowest BCUT2D eigenvalue weighted by Gasteiger charge is -2.37. The van der Waals surface area contributed by atoms with Crippen molar-refractivity contribution in [3.63, 3.8) is 0 Å². The highest BCUT2D eigenvalue weighted by atomic mass is 16.7. The van der Waals surface area contributed by atoms with E-state index < -0.39 is 0 Å². The highest BCUT2D eigenvalue weighted by Gasteiger charge is 2.34. The normalized spacial score (nSPS) is 17.4. The number of hydrogen-bond donors (Lipinski definition) is 0. The van der Waals surface area contributed by atoms with E-state index in [1.54, 1.807) is 12.1 Å². The molecule has 202 valence electrons. The maximum absolute atomic E-state index is 14.5. The summed E-state index contributed by atoms with van der Waals surface area (Å²) in [5, 5.41) is 0.